The minimum absolute atomic E-state index is 1.21. The molecule has 0 bridgehead atoms. The Morgan fingerprint density at radius 1 is 0.870 bits per heavy atom. The molecule has 23 heavy (non-hydrogen) atoms. The van der Waals surface area contributed by atoms with Gasteiger partial charge in [-0.2, -0.15) is 4.40 Å². The second-order valence-corrected chi connectivity index (χ2v) is 6.10. The average Bonchev–Trinajstić information content (AvgIpc) is 2.89. The van der Waals surface area contributed by atoms with Gasteiger partial charge in [-0.05, 0) is 30.7 Å². The van der Waals surface area contributed by atoms with Crippen molar-refractivity contribution in [2.45, 2.75) is 6.92 Å². The highest BCUT2D eigenvalue weighted by Gasteiger charge is 2.23. The Labute approximate surface area is 133 Å². The summed E-state index contributed by atoms with van der Waals surface area (Å²) in [5.41, 5.74) is 6.12. The fraction of sp³-hybridized carbons (Fsp3) is 0.100. The van der Waals surface area contributed by atoms with E-state index >= 15 is 0 Å². The molecular weight excluding hydrogens is 282 g/mol. The van der Waals surface area contributed by atoms with E-state index < -0.39 is 0 Å². The van der Waals surface area contributed by atoms with Gasteiger partial charge in [0.15, 0.2) is 11.0 Å². The van der Waals surface area contributed by atoms with E-state index in [0.29, 0.717) is 0 Å². The number of aromatic nitrogens is 3. The van der Waals surface area contributed by atoms with E-state index in [2.05, 4.69) is 76.5 Å². The number of hydrogen-bond donors (Lipinski definition) is 0. The zero-order valence-corrected chi connectivity index (χ0v) is 13.1. The third kappa shape index (κ3) is 1.49. The molecule has 0 spiro atoms. The molecule has 0 fully saturated rings. The molecule has 0 aliphatic carbocycles. The first kappa shape index (κ1) is 12.6. The van der Waals surface area contributed by atoms with E-state index in [0.717, 1.165) is 0 Å². The van der Waals surface area contributed by atoms with Crippen molar-refractivity contribution in [3.8, 4) is 0 Å². The van der Waals surface area contributed by atoms with E-state index in [1.807, 2.05) is 12.4 Å². The van der Waals surface area contributed by atoms with Crippen molar-refractivity contribution in [2.24, 2.45) is 7.05 Å². The molecule has 0 aliphatic heterocycles. The molecule has 0 N–H and O–H groups in total. The monoisotopic (exact) mass is 298 g/mol. The Hall–Kier alpha value is -2.94. The summed E-state index contributed by atoms with van der Waals surface area (Å²) in [6.07, 6.45) is 3.94. The highest BCUT2D eigenvalue weighted by atomic mass is 15.1. The summed E-state index contributed by atoms with van der Waals surface area (Å²) in [5.74, 6) is 0. The van der Waals surface area contributed by atoms with Crippen molar-refractivity contribution in [1.29, 1.82) is 0 Å². The fourth-order valence-electron chi connectivity index (χ4n) is 3.80. The topological polar surface area (TPSA) is 21.2 Å². The van der Waals surface area contributed by atoms with Gasteiger partial charge in [0, 0.05) is 23.2 Å². The van der Waals surface area contributed by atoms with Gasteiger partial charge in [0.05, 0.1) is 12.4 Å². The molecule has 0 radical (unpaired) electrons. The Balaban J connectivity index is 2.30. The van der Waals surface area contributed by atoms with Crippen LogP contribution >= 0.6 is 0 Å². The highest BCUT2D eigenvalue weighted by molar-refractivity contribution is 6.13. The maximum Gasteiger partial charge on any atom is 0.295 e. The van der Waals surface area contributed by atoms with E-state index in [4.69, 9.17) is 0 Å². The SMILES string of the molecule is Cc1cncc2c3ccccc3n3c4ccccc4[n+](C)c3c12. The van der Waals surface area contributed by atoms with Crippen LogP contribution in [-0.4, -0.2) is 9.38 Å². The summed E-state index contributed by atoms with van der Waals surface area (Å²) in [7, 11) is 2.14. The van der Waals surface area contributed by atoms with Gasteiger partial charge in [-0.15, -0.1) is 0 Å². The first-order chi connectivity index (χ1) is 11.3. The lowest BCUT2D eigenvalue weighted by atomic mass is 10.1. The third-order valence-electron chi connectivity index (χ3n) is 4.81. The first-order valence-corrected chi connectivity index (χ1v) is 7.81. The lowest BCUT2D eigenvalue weighted by Crippen LogP contribution is -2.27. The molecular formula is C20H16N3+. The third-order valence-corrected chi connectivity index (χ3v) is 4.81. The predicted octanol–water partition coefficient (Wildman–Crippen LogP) is 3.93. The molecule has 0 saturated carbocycles. The summed E-state index contributed by atoms with van der Waals surface area (Å²) in [5, 5.41) is 3.73. The highest BCUT2D eigenvalue weighted by Crippen LogP contribution is 2.32. The zero-order chi connectivity index (χ0) is 15.6. The summed E-state index contributed by atoms with van der Waals surface area (Å²) < 4.78 is 4.66. The number of fused-ring (bicyclic) bond motifs is 8. The van der Waals surface area contributed by atoms with Crippen LogP contribution in [0, 0.1) is 6.92 Å². The van der Waals surface area contributed by atoms with E-state index in [9.17, 15) is 0 Å². The van der Waals surface area contributed by atoms with Gasteiger partial charge in [0.25, 0.3) is 5.65 Å². The Morgan fingerprint density at radius 3 is 2.48 bits per heavy atom. The van der Waals surface area contributed by atoms with Gasteiger partial charge in [-0.3, -0.25) is 4.98 Å². The Morgan fingerprint density at radius 2 is 1.61 bits per heavy atom. The summed E-state index contributed by atoms with van der Waals surface area (Å²) in [6, 6.07) is 17.2. The molecule has 3 heteroatoms. The van der Waals surface area contributed by atoms with Crippen molar-refractivity contribution in [2.75, 3.05) is 0 Å². The second kappa shape index (κ2) is 4.29. The molecule has 3 heterocycles. The van der Waals surface area contributed by atoms with Crippen LogP contribution in [0.2, 0.25) is 0 Å². The predicted molar refractivity (Wildman–Crippen MR) is 93.6 cm³/mol. The van der Waals surface area contributed by atoms with Crippen LogP contribution in [0.1, 0.15) is 5.56 Å². The van der Waals surface area contributed by atoms with Crippen LogP contribution in [0.5, 0.6) is 0 Å². The molecule has 2 aromatic carbocycles. The number of benzene rings is 2. The van der Waals surface area contributed by atoms with Crippen LogP contribution in [0.4, 0.5) is 0 Å². The van der Waals surface area contributed by atoms with Crippen LogP contribution in [0.15, 0.2) is 60.9 Å². The molecule has 3 nitrogen and oxygen atoms in total. The van der Waals surface area contributed by atoms with E-state index in [1.54, 1.807) is 0 Å². The lowest BCUT2D eigenvalue weighted by Gasteiger charge is -2.06. The number of para-hydroxylation sites is 3. The van der Waals surface area contributed by atoms with Crippen LogP contribution in [0.25, 0.3) is 38.4 Å². The number of nitrogens with zero attached hydrogens (tertiary/aromatic N) is 3. The zero-order valence-electron chi connectivity index (χ0n) is 13.1. The van der Waals surface area contributed by atoms with Crippen molar-refractivity contribution in [3.63, 3.8) is 0 Å². The molecule has 0 saturated heterocycles. The minimum Gasteiger partial charge on any atom is -0.264 e. The van der Waals surface area contributed by atoms with Crippen molar-refractivity contribution in [1.82, 2.24) is 9.38 Å². The smallest absolute Gasteiger partial charge is 0.264 e. The standard InChI is InChI=1S/C20H16N3/c1-13-11-21-12-15-14-7-3-4-8-16(14)23-18-10-6-5-9-17(18)22(2)20(23)19(13)15/h3-12H,1-2H3/q+1. The van der Waals surface area contributed by atoms with E-state index in [1.165, 1.54) is 43.9 Å². The van der Waals surface area contributed by atoms with Crippen molar-refractivity contribution >= 4 is 38.4 Å². The van der Waals surface area contributed by atoms with Crippen molar-refractivity contribution in [3.05, 3.63) is 66.5 Å². The molecule has 5 aromatic rings. The summed E-state index contributed by atoms with van der Waals surface area (Å²) in [4.78, 5) is 4.43. The van der Waals surface area contributed by atoms with E-state index in [-0.39, 0.29) is 0 Å². The van der Waals surface area contributed by atoms with Crippen molar-refractivity contribution < 1.29 is 4.57 Å². The minimum atomic E-state index is 1.21. The number of hydrogen-bond acceptors (Lipinski definition) is 1. The molecule has 0 amide bonds. The number of rotatable bonds is 0. The van der Waals surface area contributed by atoms with Crippen LogP contribution < -0.4 is 4.57 Å². The number of aryl methyl sites for hydroxylation is 2. The Bertz CT molecular complexity index is 1230. The molecule has 5 rings (SSSR count). The normalized spacial score (nSPS) is 11.9. The lowest BCUT2D eigenvalue weighted by molar-refractivity contribution is -0.617. The molecule has 0 atom stereocenters. The second-order valence-electron chi connectivity index (χ2n) is 6.10. The number of imidazole rings is 1. The fourth-order valence-corrected chi connectivity index (χ4v) is 3.80. The maximum absolute atomic E-state index is 4.43. The van der Waals surface area contributed by atoms with Crippen LogP contribution in [-0.2, 0) is 7.05 Å². The molecule has 110 valence electrons. The van der Waals surface area contributed by atoms with Crippen LogP contribution in [0.3, 0.4) is 0 Å². The number of pyridine rings is 2. The van der Waals surface area contributed by atoms with Gasteiger partial charge >= 0.3 is 0 Å². The summed E-state index contributed by atoms with van der Waals surface area (Å²) in [6.45, 7) is 2.14. The largest absolute Gasteiger partial charge is 0.295 e. The quantitative estimate of drug-likeness (QED) is 0.313. The molecule has 0 unspecified atom stereocenters. The Kier molecular flexibility index (Phi) is 2.35. The maximum atomic E-state index is 4.43. The molecule has 3 aromatic heterocycles. The van der Waals surface area contributed by atoms with Gasteiger partial charge in [-0.1, -0.05) is 30.3 Å². The van der Waals surface area contributed by atoms with Gasteiger partial charge < -0.3 is 0 Å². The summed E-state index contributed by atoms with van der Waals surface area (Å²) >= 11 is 0. The van der Waals surface area contributed by atoms with Gasteiger partial charge in [-0.25, -0.2) is 4.57 Å². The molecule has 0 aliphatic rings. The first-order valence-electron chi connectivity index (χ1n) is 7.81. The van der Waals surface area contributed by atoms with Gasteiger partial charge in [0.2, 0.25) is 0 Å². The average molecular weight is 298 g/mol. The van der Waals surface area contributed by atoms with Gasteiger partial charge in [0.1, 0.15) is 5.52 Å².